The van der Waals surface area contributed by atoms with E-state index in [-0.39, 0.29) is 17.2 Å². The molecule has 0 saturated carbocycles. The Bertz CT molecular complexity index is 735. The highest BCUT2D eigenvalue weighted by molar-refractivity contribution is 7.91. The number of anilines is 1. The SMILES string of the molecule is Cc1cc(C)c(O)c(NS(=O)(=O)Cc2cc(C)on2)c1. The molecule has 0 radical (unpaired) electrons. The van der Waals surface area contributed by atoms with E-state index in [4.69, 9.17) is 4.52 Å². The van der Waals surface area contributed by atoms with Gasteiger partial charge in [-0.3, -0.25) is 4.72 Å². The number of rotatable bonds is 4. The van der Waals surface area contributed by atoms with Crippen LogP contribution in [-0.4, -0.2) is 18.7 Å². The zero-order chi connectivity index (χ0) is 14.9. The van der Waals surface area contributed by atoms with Crippen molar-refractivity contribution in [2.75, 3.05) is 4.72 Å². The molecule has 0 atom stereocenters. The van der Waals surface area contributed by atoms with Gasteiger partial charge in [0.25, 0.3) is 0 Å². The van der Waals surface area contributed by atoms with Crippen LogP contribution in [0.3, 0.4) is 0 Å². The van der Waals surface area contributed by atoms with Crippen molar-refractivity contribution in [2.24, 2.45) is 0 Å². The van der Waals surface area contributed by atoms with E-state index in [9.17, 15) is 13.5 Å². The first-order valence-electron chi connectivity index (χ1n) is 6.00. The van der Waals surface area contributed by atoms with E-state index in [1.807, 2.05) is 6.92 Å². The summed E-state index contributed by atoms with van der Waals surface area (Å²) >= 11 is 0. The van der Waals surface area contributed by atoms with Gasteiger partial charge < -0.3 is 9.63 Å². The van der Waals surface area contributed by atoms with Crippen LogP contribution >= 0.6 is 0 Å². The number of benzene rings is 1. The summed E-state index contributed by atoms with van der Waals surface area (Å²) in [5, 5.41) is 13.5. The molecule has 7 heteroatoms. The molecule has 0 aliphatic carbocycles. The molecule has 0 bridgehead atoms. The fourth-order valence-electron chi connectivity index (χ4n) is 1.92. The highest BCUT2D eigenvalue weighted by atomic mass is 32.2. The lowest BCUT2D eigenvalue weighted by molar-refractivity contribution is 0.392. The van der Waals surface area contributed by atoms with E-state index in [2.05, 4.69) is 9.88 Å². The van der Waals surface area contributed by atoms with Crippen molar-refractivity contribution in [2.45, 2.75) is 26.5 Å². The summed E-state index contributed by atoms with van der Waals surface area (Å²) < 4.78 is 31.3. The van der Waals surface area contributed by atoms with Crippen molar-refractivity contribution in [3.05, 3.63) is 40.8 Å². The Balaban J connectivity index is 2.24. The lowest BCUT2D eigenvalue weighted by atomic mass is 10.1. The van der Waals surface area contributed by atoms with Crippen LogP contribution in [0.4, 0.5) is 5.69 Å². The second-order valence-corrected chi connectivity index (χ2v) is 6.49. The number of aromatic hydroxyl groups is 1. The summed E-state index contributed by atoms with van der Waals surface area (Å²) in [6, 6.07) is 4.91. The summed E-state index contributed by atoms with van der Waals surface area (Å²) in [7, 11) is -3.66. The maximum Gasteiger partial charge on any atom is 0.238 e. The summed E-state index contributed by atoms with van der Waals surface area (Å²) in [5.41, 5.74) is 1.96. The summed E-state index contributed by atoms with van der Waals surface area (Å²) in [6.07, 6.45) is 0. The Morgan fingerprint density at radius 3 is 2.55 bits per heavy atom. The zero-order valence-corrected chi connectivity index (χ0v) is 12.3. The molecule has 2 rings (SSSR count). The van der Waals surface area contributed by atoms with Gasteiger partial charge in [-0.05, 0) is 38.0 Å². The van der Waals surface area contributed by atoms with Crippen molar-refractivity contribution >= 4 is 15.7 Å². The zero-order valence-electron chi connectivity index (χ0n) is 11.5. The Labute approximate surface area is 117 Å². The van der Waals surface area contributed by atoms with E-state index in [1.54, 1.807) is 32.0 Å². The topological polar surface area (TPSA) is 92.4 Å². The molecule has 20 heavy (non-hydrogen) atoms. The molecule has 2 N–H and O–H groups in total. The lowest BCUT2D eigenvalue weighted by Crippen LogP contribution is -2.15. The van der Waals surface area contributed by atoms with E-state index in [0.29, 0.717) is 17.0 Å². The molecule has 0 saturated heterocycles. The van der Waals surface area contributed by atoms with E-state index in [1.165, 1.54) is 0 Å². The lowest BCUT2D eigenvalue weighted by Gasteiger charge is -2.11. The van der Waals surface area contributed by atoms with Crippen molar-refractivity contribution in [3.8, 4) is 5.75 Å². The van der Waals surface area contributed by atoms with Crippen molar-refractivity contribution in [1.29, 1.82) is 0 Å². The van der Waals surface area contributed by atoms with Crippen molar-refractivity contribution < 1.29 is 18.0 Å². The largest absolute Gasteiger partial charge is 0.505 e. The second-order valence-electron chi connectivity index (χ2n) is 4.77. The number of hydrogen-bond donors (Lipinski definition) is 2. The van der Waals surface area contributed by atoms with E-state index < -0.39 is 10.0 Å². The van der Waals surface area contributed by atoms with E-state index >= 15 is 0 Å². The van der Waals surface area contributed by atoms with Crippen molar-refractivity contribution in [1.82, 2.24) is 5.16 Å². The average molecular weight is 296 g/mol. The molecule has 0 fully saturated rings. The Hall–Kier alpha value is -2.02. The molecular formula is C13H16N2O4S. The highest BCUT2D eigenvalue weighted by Crippen LogP contribution is 2.29. The average Bonchev–Trinajstić information content (AvgIpc) is 2.69. The number of aromatic nitrogens is 1. The Morgan fingerprint density at radius 2 is 1.95 bits per heavy atom. The number of aryl methyl sites for hydroxylation is 3. The molecule has 1 heterocycles. The van der Waals surface area contributed by atoms with Crippen LogP contribution in [-0.2, 0) is 15.8 Å². The molecule has 0 unspecified atom stereocenters. The molecule has 6 nitrogen and oxygen atoms in total. The summed E-state index contributed by atoms with van der Waals surface area (Å²) in [4.78, 5) is 0. The molecule has 2 aromatic rings. The third-order valence-corrected chi connectivity index (χ3v) is 3.93. The molecule has 108 valence electrons. The van der Waals surface area contributed by atoms with Gasteiger partial charge >= 0.3 is 0 Å². The summed E-state index contributed by atoms with van der Waals surface area (Å²) in [6.45, 7) is 5.22. The Morgan fingerprint density at radius 1 is 1.25 bits per heavy atom. The quantitative estimate of drug-likeness (QED) is 0.844. The number of sulfonamides is 1. The summed E-state index contributed by atoms with van der Waals surface area (Å²) in [5.74, 6) is 0.163. The predicted molar refractivity (Wildman–Crippen MR) is 75.1 cm³/mol. The van der Waals surface area contributed by atoms with Crippen LogP contribution in [0.2, 0.25) is 0 Å². The predicted octanol–water partition coefficient (Wildman–Crippen LogP) is 2.25. The molecule has 1 aromatic carbocycles. The van der Waals surface area contributed by atoms with E-state index in [0.717, 1.165) is 5.56 Å². The maximum absolute atomic E-state index is 12.0. The molecule has 0 spiro atoms. The van der Waals surface area contributed by atoms with Gasteiger partial charge in [-0.15, -0.1) is 0 Å². The fourth-order valence-corrected chi connectivity index (χ4v) is 3.01. The van der Waals surface area contributed by atoms with Crippen LogP contribution in [0.15, 0.2) is 22.7 Å². The third-order valence-electron chi connectivity index (χ3n) is 2.72. The van der Waals surface area contributed by atoms with Crippen LogP contribution in [0.25, 0.3) is 0 Å². The van der Waals surface area contributed by atoms with Crippen LogP contribution in [0.5, 0.6) is 5.75 Å². The number of phenolic OH excluding ortho intramolecular Hbond substituents is 1. The van der Waals surface area contributed by atoms with Gasteiger partial charge in [0.15, 0.2) is 0 Å². The monoisotopic (exact) mass is 296 g/mol. The minimum Gasteiger partial charge on any atom is -0.505 e. The fraction of sp³-hybridized carbons (Fsp3) is 0.308. The van der Waals surface area contributed by atoms with Crippen LogP contribution in [0, 0.1) is 20.8 Å². The molecule has 0 amide bonds. The van der Waals surface area contributed by atoms with Gasteiger partial charge in [0.2, 0.25) is 10.0 Å². The smallest absolute Gasteiger partial charge is 0.238 e. The normalized spacial score (nSPS) is 11.6. The molecular weight excluding hydrogens is 280 g/mol. The maximum atomic E-state index is 12.0. The van der Waals surface area contributed by atoms with Gasteiger partial charge in [-0.2, -0.15) is 0 Å². The second kappa shape index (κ2) is 5.16. The molecule has 0 aliphatic heterocycles. The van der Waals surface area contributed by atoms with Gasteiger partial charge in [0, 0.05) is 6.07 Å². The minimum atomic E-state index is -3.66. The number of phenols is 1. The number of nitrogens with one attached hydrogen (secondary N) is 1. The third kappa shape index (κ3) is 3.30. The van der Waals surface area contributed by atoms with Gasteiger partial charge in [0.1, 0.15) is 23.0 Å². The van der Waals surface area contributed by atoms with Crippen molar-refractivity contribution in [3.63, 3.8) is 0 Å². The first-order valence-corrected chi connectivity index (χ1v) is 7.65. The molecule has 0 aliphatic rings. The van der Waals surface area contributed by atoms with Gasteiger partial charge in [0.05, 0.1) is 5.69 Å². The molecule has 1 aromatic heterocycles. The van der Waals surface area contributed by atoms with Crippen LogP contribution in [0.1, 0.15) is 22.6 Å². The minimum absolute atomic E-state index is 0.0736. The first kappa shape index (κ1) is 14.4. The standard InChI is InChI=1S/C13H16N2O4S/c1-8-4-9(2)13(16)12(5-8)15-20(17,18)7-11-6-10(3)19-14-11/h4-6,15-16H,7H2,1-3H3. The Kier molecular flexibility index (Phi) is 3.71. The first-order chi connectivity index (χ1) is 9.27. The van der Waals surface area contributed by atoms with Gasteiger partial charge in [-0.1, -0.05) is 11.2 Å². The van der Waals surface area contributed by atoms with Crippen LogP contribution < -0.4 is 4.72 Å². The van der Waals surface area contributed by atoms with Gasteiger partial charge in [-0.25, -0.2) is 8.42 Å². The number of nitrogens with zero attached hydrogens (tertiary/aromatic N) is 1. The number of hydrogen-bond acceptors (Lipinski definition) is 5. The highest BCUT2D eigenvalue weighted by Gasteiger charge is 2.17.